The van der Waals surface area contributed by atoms with Crippen LogP contribution in [0.15, 0.2) is 23.1 Å². The van der Waals surface area contributed by atoms with Crippen molar-refractivity contribution in [2.24, 2.45) is 5.73 Å². The lowest BCUT2D eigenvalue weighted by molar-refractivity contribution is 0.141. The van der Waals surface area contributed by atoms with Gasteiger partial charge in [-0.2, -0.15) is 0 Å². The molecule has 0 saturated heterocycles. The quantitative estimate of drug-likeness (QED) is 0.798. The minimum atomic E-state index is -3.60. The largest absolute Gasteiger partial charge is 0.383 e. The van der Waals surface area contributed by atoms with Crippen molar-refractivity contribution in [1.29, 1.82) is 0 Å². The maximum Gasteiger partial charge on any atom is 0.241 e. The van der Waals surface area contributed by atoms with Gasteiger partial charge in [-0.25, -0.2) is 13.1 Å². The van der Waals surface area contributed by atoms with E-state index in [1.807, 2.05) is 19.1 Å². The number of aryl methyl sites for hydroxylation is 1. The Morgan fingerprint density at radius 2 is 2.00 bits per heavy atom. The molecule has 114 valence electrons. The summed E-state index contributed by atoms with van der Waals surface area (Å²) in [5, 5.41) is 0. The summed E-state index contributed by atoms with van der Waals surface area (Å²) in [5.74, 6) is 0. The van der Waals surface area contributed by atoms with Gasteiger partial charge in [-0.15, -0.1) is 0 Å². The minimum absolute atomic E-state index is 0.296. The van der Waals surface area contributed by atoms with Crippen LogP contribution >= 0.6 is 0 Å². The summed E-state index contributed by atoms with van der Waals surface area (Å²) in [6.07, 6.45) is 0.645. The molecule has 1 rings (SSSR count). The summed E-state index contributed by atoms with van der Waals surface area (Å²) in [7, 11) is -2.06. The van der Waals surface area contributed by atoms with Crippen molar-refractivity contribution in [3.8, 4) is 0 Å². The van der Waals surface area contributed by atoms with Crippen LogP contribution in [0.2, 0.25) is 0 Å². The van der Waals surface area contributed by atoms with E-state index >= 15 is 0 Å². The van der Waals surface area contributed by atoms with Crippen molar-refractivity contribution >= 4 is 10.0 Å². The molecule has 5 nitrogen and oxygen atoms in total. The number of sulfonamides is 1. The number of nitrogens with one attached hydrogen (secondary N) is 1. The topological polar surface area (TPSA) is 81.4 Å². The third-order valence-electron chi connectivity index (χ3n) is 2.95. The van der Waals surface area contributed by atoms with E-state index in [0.717, 1.165) is 11.1 Å². The van der Waals surface area contributed by atoms with Gasteiger partial charge < -0.3 is 10.5 Å². The first-order valence-electron chi connectivity index (χ1n) is 6.60. The second kappa shape index (κ2) is 6.67. The van der Waals surface area contributed by atoms with Gasteiger partial charge >= 0.3 is 0 Å². The Bertz CT molecular complexity index is 554. The summed E-state index contributed by atoms with van der Waals surface area (Å²) in [6.45, 7) is 6.11. The molecule has 3 N–H and O–H groups in total. The first-order chi connectivity index (χ1) is 9.25. The Balaban J connectivity index is 3.20. The lowest BCUT2D eigenvalue weighted by atomic mass is 10.1. The van der Waals surface area contributed by atoms with Crippen LogP contribution in [0, 0.1) is 0 Å². The summed E-state index contributed by atoms with van der Waals surface area (Å²) < 4.78 is 32.9. The molecule has 0 saturated carbocycles. The van der Waals surface area contributed by atoms with Crippen molar-refractivity contribution in [2.45, 2.75) is 44.2 Å². The molecule has 20 heavy (non-hydrogen) atoms. The number of nitrogens with two attached hydrogens (primary N) is 1. The molecule has 0 radical (unpaired) electrons. The maximum absolute atomic E-state index is 12.6. The standard InChI is InChI=1S/C14H24N2O3S/c1-5-12-7-6-11(9-15)8-13(12)20(17,18)16-14(2,3)10-19-4/h6-8,16H,5,9-10,15H2,1-4H3. The van der Waals surface area contributed by atoms with Crippen LogP contribution in [0.25, 0.3) is 0 Å². The van der Waals surface area contributed by atoms with Gasteiger partial charge in [-0.05, 0) is 37.5 Å². The monoisotopic (exact) mass is 300 g/mol. The first-order valence-corrected chi connectivity index (χ1v) is 8.09. The highest BCUT2D eigenvalue weighted by molar-refractivity contribution is 7.89. The van der Waals surface area contributed by atoms with Gasteiger partial charge in [0, 0.05) is 13.7 Å². The van der Waals surface area contributed by atoms with E-state index in [4.69, 9.17) is 10.5 Å². The summed E-state index contributed by atoms with van der Waals surface area (Å²) in [4.78, 5) is 0.298. The fourth-order valence-corrected chi connectivity index (χ4v) is 3.84. The molecule has 0 aliphatic carbocycles. The number of rotatable bonds is 7. The van der Waals surface area contributed by atoms with Gasteiger partial charge in [0.05, 0.1) is 17.0 Å². The predicted molar refractivity (Wildman–Crippen MR) is 80.0 cm³/mol. The molecule has 0 atom stereocenters. The molecule has 0 aromatic heterocycles. The number of ether oxygens (including phenoxy) is 1. The minimum Gasteiger partial charge on any atom is -0.383 e. The second-order valence-electron chi connectivity index (χ2n) is 5.42. The SMILES string of the molecule is CCc1ccc(CN)cc1S(=O)(=O)NC(C)(C)COC. The summed E-state index contributed by atoms with van der Waals surface area (Å²) >= 11 is 0. The van der Waals surface area contributed by atoms with Crippen LogP contribution in [-0.4, -0.2) is 27.7 Å². The van der Waals surface area contributed by atoms with Gasteiger partial charge in [0.2, 0.25) is 10.0 Å². The third kappa shape index (κ3) is 4.28. The molecule has 1 aromatic carbocycles. The molecule has 0 unspecified atom stereocenters. The second-order valence-corrected chi connectivity index (χ2v) is 7.07. The summed E-state index contributed by atoms with van der Waals surface area (Å²) in [5.41, 5.74) is 6.50. The van der Waals surface area contributed by atoms with Crippen LogP contribution in [0.3, 0.4) is 0 Å². The fourth-order valence-electron chi connectivity index (χ4n) is 2.08. The highest BCUT2D eigenvalue weighted by Gasteiger charge is 2.27. The van der Waals surface area contributed by atoms with Crippen LogP contribution in [0.5, 0.6) is 0 Å². The van der Waals surface area contributed by atoms with Crippen LogP contribution in [0.1, 0.15) is 31.9 Å². The Labute approximate surface area is 121 Å². The van der Waals surface area contributed by atoms with Crippen molar-refractivity contribution in [1.82, 2.24) is 4.72 Å². The fraction of sp³-hybridized carbons (Fsp3) is 0.571. The zero-order valence-electron chi connectivity index (χ0n) is 12.6. The van der Waals surface area contributed by atoms with E-state index in [0.29, 0.717) is 24.5 Å². The summed E-state index contributed by atoms with van der Waals surface area (Å²) in [6, 6.07) is 5.32. The molecule has 1 aromatic rings. The molecular weight excluding hydrogens is 276 g/mol. The molecule has 0 fully saturated rings. The van der Waals surface area contributed by atoms with Crippen LogP contribution in [-0.2, 0) is 27.7 Å². The van der Waals surface area contributed by atoms with Gasteiger partial charge in [0.15, 0.2) is 0 Å². The zero-order chi connectivity index (χ0) is 15.4. The van der Waals surface area contributed by atoms with E-state index in [2.05, 4.69) is 4.72 Å². The van der Waals surface area contributed by atoms with E-state index in [9.17, 15) is 8.42 Å². The molecule has 0 heterocycles. The normalized spacial score (nSPS) is 12.7. The van der Waals surface area contributed by atoms with E-state index in [-0.39, 0.29) is 0 Å². The smallest absolute Gasteiger partial charge is 0.241 e. The number of hydrogen-bond acceptors (Lipinski definition) is 4. The van der Waals surface area contributed by atoms with E-state index in [1.54, 1.807) is 27.0 Å². The Morgan fingerprint density at radius 1 is 1.35 bits per heavy atom. The van der Waals surface area contributed by atoms with Crippen molar-refractivity contribution < 1.29 is 13.2 Å². The van der Waals surface area contributed by atoms with Crippen LogP contribution in [0.4, 0.5) is 0 Å². The maximum atomic E-state index is 12.6. The lowest BCUT2D eigenvalue weighted by Crippen LogP contribution is -2.46. The van der Waals surface area contributed by atoms with E-state index in [1.165, 1.54) is 0 Å². The number of methoxy groups -OCH3 is 1. The third-order valence-corrected chi connectivity index (χ3v) is 4.73. The molecule has 0 aliphatic heterocycles. The molecule has 0 amide bonds. The van der Waals surface area contributed by atoms with Crippen molar-refractivity contribution in [3.05, 3.63) is 29.3 Å². The molecule has 0 aliphatic rings. The number of hydrogen-bond donors (Lipinski definition) is 2. The molecule has 6 heteroatoms. The van der Waals surface area contributed by atoms with Gasteiger partial charge in [-0.1, -0.05) is 19.1 Å². The average Bonchev–Trinajstić information content (AvgIpc) is 2.36. The highest BCUT2D eigenvalue weighted by Crippen LogP contribution is 2.20. The highest BCUT2D eigenvalue weighted by atomic mass is 32.2. The van der Waals surface area contributed by atoms with Crippen LogP contribution < -0.4 is 10.5 Å². The van der Waals surface area contributed by atoms with E-state index < -0.39 is 15.6 Å². The Hall–Kier alpha value is -0.950. The zero-order valence-corrected chi connectivity index (χ0v) is 13.4. The Morgan fingerprint density at radius 3 is 2.50 bits per heavy atom. The first kappa shape index (κ1) is 17.1. The molecule has 0 spiro atoms. The van der Waals surface area contributed by atoms with Crippen molar-refractivity contribution in [2.75, 3.05) is 13.7 Å². The van der Waals surface area contributed by atoms with Gasteiger partial charge in [0.25, 0.3) is 0 Å². The average molecular weight is 300 g/mol. The van der Waals surface area contributed by atoms with Crippen molar-refractivity contribution in [3.63, 3.8) is 0 Å². The molecular formula is C14H24N2O3S. The van der Waals surface area contributed by atoms with Gasteiger partial charge in [0.1, 0.15) is 0 Å². The van der Waals surface area contributed by atoms with Gasteiger partial charge in [-0.3, -0.25) is 0 Å². The number of benzene rings is 1. The lowest BCUT2D eigenvalue weighted by Gasteiger charge is -2.25. The Kier molecular flexibility index (Phi) is 5.70. The molecule has 0 bridgehead atoms. The predicted octanol–water partition coefficient (Wildman–Crippen LogP) is 1.41.